The van der Waals surface area contributed by atoms with E-state index in [-0.39, 0.29) is 0 Å². The fraction of sp³-hybridized carbons (Fsp3) is 0.357. The second-order valence-corrected chi connectivity index (χ2v) is 4.86. The molecular formula is C14H15F2N3. The second-order valence-electron chi connectivity index (χ2n) is 4.86. The minimum Gasteiger partial charge on any atom is -0.316 e. The van der Waals surface area contributed by atoms with Crippen molar-refractivity contribution in [3.8, 4) is 5.69 Å². The number of benzene rings is 1. The molecule has 1 unspecified atom stereocenters. The van der Waals surface area contributed by atoms with Gasteiger partial charge in [-0.3, -0.25) is 0 Å². The van der Waals surface area contributed by atoms with E-state index in [2.05, 4.69) is 10.3 Å². The zero-order valence-corrected chi connectivity index (χ0v) is 10.4. The standard InChI is InChI=1S/C14H15F2N3/c15-11-4-12(16)6-13(5-11)19-9-18-8-14(19)10-2-1-3-17-7-10/h4-6,8-10,17H,1-3,7H2. The highest BCUT2D eigenvalue weighted by atomic mass is 19.1. The molecule has 1 aromatic carbocycles. The van der Waals surface area contributed by atoms with Crippen LogP contribution in [0, 0.1) is 11.6 Å². The van der Waals surface area contributed by atoms with Crippen LogP contribution in [0.25, 0.3) is 5.69 Å². The summed E-state index contributed by atoms with van der Waals surface area (Å²) in [4.78, 5) is 4.12. The number of aromatic nitrogens is 2. The molecule has 0 spiro atoms. The van der Waals surface area contributed by atoms with Gasteiger partial charge in [-0.25, -0.2) is 13.8 Å². The zero-order chi connectivity index (χ0) is 13.2. The van der Waals surface area contributed by atoms with Crippen LogP contribution in [-0.2, 0) is 0 Å². The molecule has 1 atom stereocenters. The van der Waals surface area contributed by atoms with E-state index in [1.54, 1.807) is 17.1 Å². The fourth-order valence-corrected chi connectivity index (χ4v) is 2.61. The number of hydrogen-bond acceptors (Lipinski definition) is 2. The van der Waals surface area contributed by atoms with Gasteiger partial charge >= 0.3 is 0 Å². The Morgan fingerprint density at radius 2 is 2.00 bits per heavy atom. The molecule has 1 fully saturated rings. The van der Waals surface area contributed by atoms with Crippen molar-refractivity contribution in [1.29, 1.82) is 0 Å². The Morgan fingerprint density at radius 1 is 1.21 bits per heavy atom. The Morgan fingerprint density at radius 3 is 2.68 bits per heavy atom. The Kier molecular flexibility index (Phi) is 3.29. The lowest BCUT2D eigenvalue weighted by Crippen LogP contribution is -2.29. The molecular weight excluding hydrogens is 248 g/mol. The van der Waals surface area contributed by atoms with E-state index in [9.17, 15) is 8.78 Å². The quantitative estimate of drug-likeness (QED) is 0.902. The Labute approximate surface area is 110 Å². The van der Waals surface area contributed by atoms with E-state index in [4.69, 9.17) is 0 Å². The minimum absolute atomic E-state index is 0.336. The topological polar surface area (TPSA) is 29.9 Å². The van der Waals surface area contributed by atoms with Gasteiger partial charge in [0.25, 0.3) is 0 Å². The van der Waals surface area contributed by atoms with Gasteiger partial charge in [0.1, 0.15) is 11.6 Å². The molecule has 0 radical (unpaired) electrons. The van der Waals surface area contributed by atoms with Gasteiger partial charge in [-0.1, -0.05) is 0 Å². The van der Waals surface area contributed by atoms with Crippen LogP contribution >= 0.6 is 0 Å². The smallest absolute Gasteiger partial charge is 0.128 e. The van der Waals surface area contributed by atoms with Crippen LogP contribution in [0.1, 0.15) is 24.5 Å². The number of imidazole rings is 1. The number of halogens is 2. The first-order valence-electron chi connectivity index (χ1n) is 6.43. The molecule has 19 heavy (non-hydrogen) atoms. The lowest BCUT2D eigenvalue weighted by molar-refractivity contribution is 0.450. The second kappa shape index (κ2) is 5.09. The monoisotopic (exact) mass is 263 g/mol. The van der Waals surface area contributed by atoms with Crippen LogP contribution in [0.2, 0.25) is 0 Å². The van der Waals surface area contributed by atoms with Crippen LogP contribution in [0.5, 0.6) is 0 Å². The molecule has 1 aromatic heterocycles. The first kappa shape index (κ1) is 12.3. The first-order valence-corrected chi connectivity index (χ1v) is 6.43. The molecule has 1 aliphatic heterocycles. The molecule has 0 bridgehead atoms. The summed E-state index contributed by atoms with van der Waals surface area (Å²) in [6, 6.07) is 3.53. The van der Waals surface area contributed by atoms with Crippen molar-refractivity contribution in [2.75, 3.05) is 13.1 Å². The first-order chi connectivity index (χ1) is 9.24. The molecule has 0 saturated carbocycles. The average Bonchev–Trinajstić information content (AvgIpc) is 2.88. The van der Waals surface area contributed by atoms with Crippen molar-refractivity contribution in [1.82, 2.24) is 14.9 Å². The van der Waals surface area contributed by atoms with Crippen molar-refractivity contribution < 1.29 is 8.78 Å². The average molecular weight is 263 g/mol. The maximum absolute atomic E-state index is 13.3. The van der Waals surface area contributed by atoms with Crippen LogP contribution < -0.4 is 5.32 Å². The third-order valence-corrected chi connectivity index (χ3v) is 3.51. The van der Waals surface area contributed by atoms with Gasteiger partial charge in [-0.2, -0.15) is 0 Å². The fourth-order valence-electron chi connectivity index (χ4n) is 2.61. The highest BCUT2D eigenvalue weighted by Crippen LogP contribution is 2.25. The molecule has 5 heteroatoms. The van der Waals surface area contributed by atoms with Crippen LogP contribution in [-0.4, -0.2) is 22.6 Å². The number of nitrogens with zero attached hydrogens (tertiary/aromatic N) is 2. The van der Waals surface area contributed by atoms with Gasteiger partial charge in [0.15, 0.2) is 0 Å². The lowest BCUT2D eigenvalue weighted by atomic mass is 9.96. The number of nitrogens with one attached hydrogen (secondary N) is 1. The predicted octanol–water partition coefficient (Wildman–Crippen LogP) is 2.62. The lowest BCUT2D eigenvalue weighted by Gasteiger charge is -2.23. The van der Waals surface area contributed by atoms with Crippen molar-refractivity contribution in [3.63, 3.8) is 0 Å². The van der Waals surface area contributed by atoms with E-state index >= 15 is 0 Å². The third-order valence-electron chi connectivity index (χ3n) is 3.51. The summed E-state index contributed by atoms with van der Waals surface area (Å²) in [6.45, 7) is 1.91. The molecule has 3 rings (SSSR count). The Hall–Kier alpha value is -1.75. The maximum Gasteiger partial charge on any atom is 0.128 e. The third kappa shape index (κ3) is 2.51. The Balaban J connectivity index is 1.98. The zero-order valence-electron chi connectivity index (χ0n) is 10.4. The summed E-state index contributed by atoms with van der Waals surface area (Å²) in [5.41, 5.74) is 1.48. The van der Waals surface area contributed by atoms with E-state index in [1.165, 1.54) is 12.1 Å². The number of piperidine rings is 1. The normalized spacial score (nSPS) is 19.6. The summed E-state index contributed by atoms with van der Waals surface area (Å²) in [7, 11) is 0. The summed E-state index contributed by atoms with van der Waals surface area (Å²) < 4.78 is 28.4. The molecule has 3 nitrogen and oxygen atoms in total. The predicted molar refractivity (Wildman–Crippen MR) is 68.3 cm³/mol. The maximum atomic E-state index is 13.3. The largest absolute Gasteiger partial charge is 0.316 e. The van der Waals surface area contributed by atoms with Crippen molar-refractivity contribution >= 4 is 0 Å². The summed E-state index contributed by atoms with van der Waals surface area (Å²) in [5.74, 6) is -0.810. The van der Waals surface area contributed by atoms with Gasteiger partial charge in [-0.05, 0) is 31.5 Å². The molecule has 1 saturated heterocycles. The summed E-state index contributed by atoms with van der Waals surface area (Å²) in [6.07, 6.45) is 5.56. The van der Waals surface area contributed by atoms with E-state index < -0.39 is 11.6 Å². The van der Waals surface area contributed by atoms with Crippen molar-refractivity contribution in [2.45, 2.75) is 18.8 Å². The Bertz CT molecular complexity index is 554. The SMILES string of the molecule is Fc1cc(F)cc(-n2cncc2C2CCCNC2)c1. The number of rotatable bonds is 2. The van der Waals surface area contributed by atoms with Crippen molar-refractivity contribution in [2.24, 2.45) is 0 Å². The highest BCUT2D eigenvalue weighted by Gasteiger charge is 2.19. The van der Waals surface area contributed by atoms with E-state index in [0.717, 1.165) is 37.7 Å². The van der Waals surface area contributed by atoms with Gasteiger partial charge in [-0.15, -0.1) is 0 Å². The molecule has 2 heterocycles. The highest BCUT2D eigenvalue weighted by molar-refractivity contribution is 5.35. The number of hydrogen-bond donors (Lipinski definition) is 1. The molecule has 100 valence electrons. The molecule has 1 aliphatic rings. The van der Waals surface area contributed by atoms with Gasteiger partial charge < -0.3 is 9.88 Å². The molecule has 1 N–H and O–H groups in total. The van der Waals surface area contributed by atoms with Gasteiger partial charge in [0.2, 0.25) is 0 Å². The van der Waals surface area contributed by atoms with E-state index in [0.29, 0.717) is 11.6 Å². The van der Waals surface area contributed by atoms with Crippen LogP contribution in [0.4, 0.5) is 8.78 Å². The van der Waals surface area contributed by atoms with E-state index in [1.807, 2.05) is 0 Å². The van der Waals surface area contributed by atoms with Crippen LogP contribution in [0.15, 0.2) is 30.7 Å². The molecule has 0 amide bonds. The summed E-state index contributed by atoms with van der Waals surface area (Å²) in [5, 5.41) is 3.34. The molecule has 0 aliphatic carbocycles. The van der Waals surface area contributed by atoms with Crippen LogP contribution in [0.3, 0.4) is 0 Å². The van der Waals surface area contributed by atoms with Gasteiger partial charge in [0, 0.05) is 30.4 Å². The minimum atomic E-state index is -0.573. The van der Waals surface area contributed by atoms with Crippen molar-refractivity contribution in [3.05, 3.63) is 48.1 Å². The van der Waals surface area contributed by atoms with Gasteiger partial charge in [0.05, 0.1) is 12.0 Å². The summed E-state index contributed by atoms with van der Waals surface area (Å²) >= 11 is 0. The molecule has 2 aromatic rings.